The summed E-state index contributed by atoms with van der Waals surface area (Å²) in [6.07, 6.45) is 12.7. The third-order valence-corrected chi connectivity index (χ3v) is 3.28. The quantitative estimate of drug-likeness (QED) is 0.794. The monoisotopic (exact) mass is 221 g/mol. The minimum Gasteiger partial charge on any atom is -0.337 e. The van der Waals surface area contributed by atoms with E-state index in [4.69, 9.17) is 0 Å². The molecular weight excluding hydrogens is 202 g/mol. The van der Waals surface area contributed by atoms with Gasteiger partial charge in [0.2, 0.25) is 0 Å². The van der Waals surface area contributed by atoms with Crippen molar-refractivity contribution in [2.75, 3.05) is 6.54 Å². The summed E-state index contributed by atoms with van der Waals surface area (Å²) in [5.41, 5.74) is 0. The molecule has 0 radical (unpaired) electrons. The van der Waals surface area contributed by atoms with Gasteiger partial charge in [0.25, 0.3) is 0 Å². The fourth-order valence-corrected chi connectivity index (χ4v) is 2.36. The Kier molecular flexibility index (Phi) is 3.97. The van der Waals surface area contributed by atoms with Gasteiger partial charge in [-0.15, -0.1) is 0 Å². The zero-order chi connectivity index (χ0) is 11.2. The molecule has 1 fully saturated rings. The smallest absolute Gasteiger partial charge is 0.326 e. The van der Waals surface area contributed by atoms with Crippen molar-refractivity contribution >= 4 is 6.03 Å². The first-order valence-corrected chi connectivity index (χ1v) is 6.12. The number of nitrogens with zero attached hydrogens (tertiary/aromatic N) is 2. The van der Waals surface area contributed by atoms with Crippen LogP contribution in [0.15, 0.2) is 18.7 Å². The molecular formula is C12H19N3O. The Labute approximate surface area is 96.1 Å². The standard InChI is InChI=1S/C12H19N3O/c16-12(15-9-8-13-10-15)14-7-3-6-11-4-1-2-5-11/h8-11H,1-7H2,(H,14,16). The molecule has 1 aliphatic carbocycles. The largest absolute Gasteiger partial charge is 0.337 e. The molecule has 1 saturated carbocycles. The third-order valence-electron chi connectivity index (χ3n) is 3.28. The average Bonchev–Trinajstić information content (AvgIpc) is 2.96. The SMILES string of the molecule is O=C(NCCCC1CCCC1)n1ccnc1. The lowest BCUT2D eigenvalue weighted by atomic mass is 10.0. The molecule has 88 valence electrons. The van der Waals surface area contributed by atoms with Gasteiger partial charge in [-0.2, -0.15) is 0 Å². The second-order valence-electron chi connectivity index (χ2n) is 4.49. The lowest BCUT2D eigenvalue weighted by molar-refractivity contribution is 0.242. The molecule has 1 aromatic rings. The van der Waals surface area contributed by atoms with Crippen LogP contribution in [-0.4, -0.2) is 22.1 Å². The molecule has 4 nitrogen and oxygen atoms in total. The molecule has 0 spiro atoms. The number of carbonyl (C=O) groups excluding carboxylic acids is 1. The highest BCUT2D eigenvalue weighted by atomic mass is 16.2. The molecule has 0 saturated heterocycles. The molecule has 1 heterocycles. The zero-order valence-corrected chi connectivity index (χ0v) is 9.56. The van der Waals surface area contributed by atoms with E-state index in [0.29, 0.717) is 0 Å². The summed E-state index contributed by atoms with van der Waals surface area (Å²) in [6, 6.07) is -0.0797. The van der Waals surface area contributed by atoms with Crippen molar-refractivity contribution in [3.8, 4) is 0 Å². The molecule has 0 atom stereocenters. The van der Waals surface area contributed by atoms with Crippen LogP contribution in [0.5, 0.6) is 0 Å². The summed E-state index contributed by atoms with van der Waals surface area (Å²) >= 11 is 0. The van der Waals surface area contributed by atoms with Crippen LogP contribution in [0.2, 0.25) is 0 Å². The number of hydrogen-bond donors (Lipinski definition) is 1. The molecule has 1 N–H and O–H groups in total. The molecule has 0 aromatic carbocycles. The molecule has 2 rings (SSSR count). The van der Waals surface area contributed by atoms with Crippen molar-refractivity contribution in [3.05, 3.63) is 18.7 Å². The van der Waals surface area contributed by atoms with Crippen LogP contribution in [0.3, 0.4) is 0 Å². The second kappa shape index (κ2) is 5.68. The topological polar surface area (TPSA) is 46.9 Å². The molecule has 0 aliphatic heterocycles. The van der Waals surface area contributed by atoms with Crippen LogP contribution in [0.25, 0.3) is 0 Å². The van der Waals surface area contributed by atoms with E-state index in [1.165, 1.54) is 43.0 Å². The van der Waals surface area contributed by atoms with E-state index < -0.39 is 0 Å². The summed E-state index contributed by atoms with van der Waals surface area (Å²) in [6.45, 7) is 0.771. The van der Waals surface area contributed by atoms with Crippen molar-refractivity contribution in [1.82, 2.24) is 14.9 Å². The number of carbonyl (C=O) groups is 1. The first-order chi connectivity index (χ1) is 7.86. The summed E-state index contributed by atoms with van der Waals surface area (Å²) in [7, 11) is 0. The van der Waals surface area contributed by atoms with Gasteiger partial charge >= 0.3 is 6.03 Å². The lowest BCUT2D eigenvalue weighted by Gasteiger charge is -2.09. The van der Waals surface area contributed by atoms with Crippen LogP contribution < -0.4 is 5.32 Å². The van der Waals surface area contributed by atoms with Gasteiger partial charge in [-0.1, -0.05) is 25.7 Å². The van der Waals surface area contributed by atoms with Crippen LogP contribution in [0.4, 0.5) is 4.79 Å². The Morgan fingerprint density at radius 1 is 1.44 bits per heavy atom. The summed E-state index contributed by atoms with van der Waals surface area (Å²) < 4.78 is 1.47. The Balaban J connectivity index is 1.59. The first kappa shape index (κ1) is 11.2. The Morgan fingerprint density at radius 3 is 2.94 bits per heavy atom. The molecule has 0 bridgehead atoms. The van der Waals surface area contributed by atoms with Crippen molar-refractivity contribution in [2.45, 2.75) is 38.5 Å². The summed E-state index contributed by atoms with van der Waals surface area (Å²) in [4.78, 5) is 15.4. The van der Waals surface area contributed by atoms with E-state index in [2.05, 4.69) is 10.3 Å². The zero-order valence-electron chi connectivity index (χ0n) is 9.56. The van der Waals surface area contributed by atoms with Gasteiger partial charge in [-0.05, 0) is 18.8 Å². The Hall–Kier alpha value is -1.32. The fourth-order valence-electron chi connectivity index (χ4n) is 2.36. The minimum atomic E-state index is -0.0797. The Morgan fingerprint density at radius 2 is 2.25 bits per heavy atom. The maximum absolute atomic E-state index is 11.5. The van der Waals surface area contributed by atoms with E-state index in [1.54, 1.807) is 12.4 Å². The van der Waals surface area contributed by atoms with Gasteiger partial charge in [0.15, 0.2) is 0 Å². The van der Waals surface area contributed by atoms with Gasteiger partial charge in [0, 0.05) is 18.9 Å². The van der Waals surface area contributed by atoms with Crippen molar-refractivity contribution in [2.24, 2.45) is 5.92 Å². The van der Waals surface area contributed by atoms with E-state index in [9.17, 15) is 4.79 Å². The van der Waals surface area contributed by atoms with Crippen LogP contribution >= 0.6 is 0 Å². The Bertz CT molecular complexity index is 315. The first-order valence-electron chi connectivity index (χ1n) is 6.12. The van der Waals surface area contributed by atoms with Crippen LogP contribution in [0.1, 0.15) is 38.5 Å². The minimum absolute atomic E-state index is 0.0797. The molecule has 1 amide bonds. The van der Waals surface area contributed by atoms with Gasteiger partial charge in [-0.3, -0.25) is 4.57 Å². The average molecular weight is 221 g/mol. The molecule has 16 heavy (non-hydrogen) atoms. The number of hydrogen-bond acceptors (Lipinski definition) is 2. The van der Waals surface area contributed by atoms with Crippen LogP contribution in [0, 0.1) is 5.92 Å². The van der Waals surface area contributed by atoms with E-state index >= 15 is 0 Å². The number of nitrogens with one attached hydrogen (secondary N) is 1. The highest BCUT2D eigenvalue weighted by Gasteiger charge is 2.14. The van der Waals surface area contributed by atoms with Gasteiger partial charge in [0.05, 0.1) is 0 Å². The molecule has 1 aromatic heterocycles. The number of amides is 1. The van der Waals surface area contributed by atoms with E-state index in [-0.39, 0.29) is 6.03 Å². The second-order valence-corrected chi connectivity index (χ2v) is 4.49. The summed E-state index contributed by atoms with van der Waals surface area (Å²) in [5, 5.41) is 2.89. The predicted molar refractivity (Wildman–Crippen MR) is 62.2 cm³/mol. The van der Waals surface area contributed by atoms with Crippen molar-refractivity contribution < 1.29 is 4.79 Å². The predicted octanol–water partition coefficient (Wildman–Crippen LogP) is 2.41. The maximum atomic E-state index is 11.5. The highest BCUT2D eigenvalue weighted by Crippen LogP contribution is 2.28. The fraction of sp³-hybridized carbons (Fsp3) is 0.667. The van der Waals surface area contributed by atoms with E-state index in [1.807, 2.05) is 0 Å². The van der Waals surface area contributed by atoms with Crippen molar-refractivity contribution in [3.63, 3.8) is 0 Å². The number of imidazole rings is 1. The van der Waals surface area contributed by atoms with Gasteiger partial charge in [-0.25, -0.2) is 9.78 Å². The van der Waals surface area contributed by atoms with Crippen LogP contribution in [-0.2, 0) is 0 Å². The van der Waals surface area contributed by atoms with Crippen molar-refractivity contribution in [1.29, 1.82) is 0 Å². The maximum Gasteiger partial charge on any atom is 0.326 e. The van der Waals surface area contributed by atoms with E-state index in [0.717, 1.165) is 18.9 Å². The molecule has 1 aliphatic rings. The third kappa shape index (κ3) is 3.08. The van der Waals surface area contributed by atoms with Gasteiger partial charge < -0.3 is 5.32 Å². The lowest BCUT2D eigenvalue weighted by Crippen LogP contribution is -2.28. The van der Waals surface area contributed by atoms with Gasteiger partial charge in [0.1, 0.15) is 6.33 Å². The summed E-state index contributed by atoms with van der Waals surface area (Å²) in [5.74, 6) is 0.908. The molecule has 0 unspecified atom stereocenters. The molecule has 4 heteroatoms. The highest BCUT2D eigenvalue weighted by molar-refractivity contribution is 5.76. The number of rotatable bonds is 4. The normalized spacial score (nSPS) is 16.5. The number of aromatic nitrogens is 2.